The van der Waals surface area contributed by atoms with Crippen LogP contribution in [0.15, 0.2) is 60.8 Å². The summed E-state index contributed by atoms with van der Waals surface area (Å²) in [4.78, 5) is 29.3. The van der Waals surface area contributed by atoms with Crippen LogP contribution in [0.2, 0.25) is 0 Å². The van der Waals surface area contributed by atoms with Crippen molar-refractivity contribution < 1.29 is 9.59 Å². The Morgan fingerprint density at radius 1 is 1.07 bits per heavy atom. The molecule has 0 bridgehead atoms. The highest BCUT2D eigenvalue weighted by molar-refractivity contribution is 6.08. The number of fused-ring (bicyclic) bond motifs is 1. The Hall–Kier alpha value is -3.67. The molecule has 3 N–H and O–H groups in total. The van der Waals surface area contributed by atoms with Gasteiger partial charge in [-0.25, -0.2) is 4.98 Å². The minimum Gasteiger partial charge on any atom is -0.348 e. The van der Waals surface area contributed by atoms with Crippen molar-refractivity contribution in [3.63, 3.8) is 0 Å². The van der Waals surface area contributed by atoms with E-state index < -0.39 is 0 Å². The third-order valence-electron chi connectivity index (χ3n) is 5.14. The maximum Gasteiger partial charge on any atom is 0.259 e. The van der Waals surface area contributed by atoms with E-state index in [4.69, 9.17) is 0 Å². The number of aromatic nitrogens is 1. The Morgan fingerprint density at radius 2 is 1.87 bits per heavy atom. The molecule has 30 heavy (non-hydrogen) atoms. The van der Waals surface area contributed by atoms with Crippen LogP contribution in [0.5, 0.6) is 0 Å². The zero-order valence-electron chi connectivity index (χ0n) is 17.2. The SMILES string of the molecule is CC(C)(C)c1cccc(NC(=O)c2cccnc2Nc2cccc3c2CNC3=O)c1. The smallest absolute Gasteiger partial charge is 0.259 e. The molecular formula is C24H24N4O2. The lowest BCUT2D eigenvalue weighted by molar-refractivity contribution is 0.0964. The third kappa shape index (κ3) is 3.89. The van der Waals surface area contributed by atoms with Crippen molar-refractivity contribution in [2.75, 3.05) is 10.6 Å². The predicted octanol–water partition coefficient (Wildman–Crippen LogP) is 4.62. The van der Waals surface area contributed by atoms with Gasteiger partial charge in [0.1, 0.15) is 5.82 Å². The van der Waals surface area contributed by atoms with Gasteiger partial charge in [0.25, 0.3) is 11.8 Å². The van der Waals surface area contributed by atoms with Gasteiger partial charge in [-0.3, -0.25) is 9.59 Å². The summed E-state index contributed by atoms with van der Waals surface area (Å²) in [6, 6.07) is 16.8. The first-order chi connectivity index (χ1) is 14.3. The molecule has 0 aliphatic carbocycles. The fourth-order valence-corrected chi connectivity index (χ4v) is 3.45. The number of benzene rings is 2. The molecule has 152 valence electrons. The van der Waals surface area contributed by atoms with Crippen LogP contribution >= 0.6 is 0 Å². The molecule has 0 unspecified atom stereocenters. The Bertz CT molecular complexity index is 1130. The average molecular weight is 400 g/mol. The zero-order valence-corrected chi connectivity index (χ0v) is 17.2. The molecule has 0 fully saturated rings. The van der Waals surface area contributed by atoms with Crippen LogP contribution in [-0.2, 0) is 12.0 Å². The summed E-state index contributed by atoms with van der Waals surface area (Å²) in [7, 11) is 0. The number of nitrogens with zero attached hydrogens (tertiary/aromatic N) is 1. The van der Waals surface area contributed by atoms with E-state index in [9.17, 15) is 9.59 Å². The number of carbonyl (C=O) groups excluding carboxylic acids is 2. The van der Waals surface area contributed by atoms with Gasteiger partial charge in [-0.1, -0.05) is 39.0 Å². The summed E-state index contributed by atoms with van der Waals surface area (Å²) in [5.41, 5.74) is 4.56. The van der Waals surface area contributed by atoms with Crippen molar-refractivity contribution >= 4 is 29.0 Å². The van der Waals surface area contributed by atoms with E-state index in [1.165, 1.54) is 0 Å². The van der Waals surface area contributed by atoms with Gasteiger partial charge < -0.3 is 16.0 Å². The molecule has 0 radical (unpaired) electrons. The number of amides is 2. The van der Waals surface area contributed by atoms with Crippen LogP contribution in [0.1, 0.15) is 52.6 Å². The van der Waals surface area contributed by atoms with E-state index in [1.54, 1.807) is 24.4 Å². The largest absolute Gasteiger partial charge is 0.348 e. The van der Waals surface area contributed by atoms with Crippen molar-refractivity contribution in [2.45, 2.75) is 32.7 Å². The molecule has 2 heterocycles. The van der Waals surface area contributed by atoms with Crippen molar-refractivity contribution in [3.05, 3.63) is 83.0 Å². The maximum atomic E-state index is 13.0. The Kier molecular flexibility index (Phi) is 4.99. The molecule has 0 spiro atoms. The first-order valence-corrected chi connectivity index (χ1v) is 9.87. The van der Waals surface area contributed by atoms with E-state index in [2.05, 4.69) is 47.8 Å². The van der Waals surface area contributed by atoms with Gasteiger partial charge in [0.05, 0.1) is 5.56 Å². The fraction of sp³-hybridized carbons (Fsp3) is 0.208. The molecule has 0 saturated carbocycles. The number of rotatable bonds is 4. The highest BCUT2D eigenvalue weighted by Gasteiger charge is 2.22. The molecule has 4 rings (SSSR count). The van der Waals surface area contributed by atoms with E-state index >= 15 is 0 Å². The van der Waals surface area contributed by atoms with Gasteiger partial charge in [0.15, 0.2) is 0 Å². The normalized spacial score (nSPS) is 12.8. The molecule has 6 nitrogen and oxygen atoms in total. The summed E-state index contributed by atoms with van der Waals surface area (Å²) >= 11 is 0. The van der Waals surface area contributed by atoms with Gasteiger partial charge in [0.2, 0.25) is 0 Å². The number of carbonyl (C=O) groups is 2. The summed E-state index contributed by atoms with van der Waals surface area (Å²) in [5.74, 6) is 0.0968. The van der Waals surface area contributed by atoms with Crippen molar-refractivity contribution in [3.8, 4) is 0 Å². The average Bonchev–Trinajstić information content (AvgIpc) is 3.10. The van der Waals surface area contributed by atoms with Crippen LogP contribution in [0, 0.1) is 0 Å². The van der Waals surface area contributed by atoms with Crippen LogP contribution in [0.4, 0.5) is 17.2 Å². The number of anilines is 3. The molecule has 3 aromatic rings. The topological polar surface area (TPSA) is 83.1 Å². The lowest BCUT2D eigenvalue weighted by atomic mass is 9.87. The number of nitrogens with one attached hydrogen (secondary N) is 3. The molecule has 1 aliphatic heterocycles. The molecule has 0 saturated heterocycles. The van der Waals surface area contributed by atoms with E-state index in [0.29, 0.717) is 23.5 Å². The quantitative estimate of drug-likeness (QED) is 0.597. The van der Waals surface area contributed by atoms with E-state index in [-0.39, 0.29) is 17.2 Å². The Labute approximate surface area is 175 Å². The van der Waals surface area contributed by atoms with Gasteiger partial charge in [-0.15, -0.1) is 0 Å². The first kappa shape index (κ1) is 19.6. The second-order valence-corrected chi connectivity index (χ2v) is 8.32. The summed E-state index contributed by atoms with van der Waals surface area (Å²) < 4.78 is 0. The zero-order chi connectivity index (χ0) is 21.3. The van der Waals surface area contributed by atoms with E-state index in [0.717, 1.165) is 22.5 Å². The lowest BCUT2D eigenvalue weighted by Crippen LogP contribution is -2.16. The Morgan fingerprint density at radius 3 is 2.67 bits per heavy atom. The minimum absolute atomic E-state index is 0.0130. The molecule has 2 amide bonds. The number of pyridine rings is 1. The monoisotopic (exact) mass is 400 g/mol. The standard InChI is InChI=1S/C24H24N4O2/c1-24(2,3)15-7-4-8-16(13-15)27-23(30)18-10-6-12-25-21(18)28-20-11-5-9-17-19(20)14-26-22(17)29/h4-13H,14H2,1-3H3,(H,25,28)(H,26,29)(H,27,30). The number of hydrogen-bond donors (Lipinski definition) is 3. The van der Waals surface area contributed by atoms with E-state index in [1.807, 2.05) is 30.3 Å². The van der Waals surface area contributed by atoms with Crippen molar-refractivity contribution in [1.29, 1.82) is 0 Å². The molecule has 6 heteroatoms. The predicted molar refractivity (Wildman–Crippen MR) is 118 cm³/mol. The summed E-state index contributed by atoms with van der Waals surface area (Å²) in [6.07, 6.45) is 1.63. The number of hydrogen-bond acceptors (Lipinski definition) is 4. The molecule has 1 aromatic heterocycles. The Balaban J connectivity index is 1.60. The summed E-state index contributed by atoms with van der Waals surface area (Å²) in [5, 5.41) is 9.02. The maximum absolute atomic E-state index is 13.0. The fourth-order valence-electron chi connectivity index (χ4n) is 3.45. The van der Waals surface area contributed by atoms with Crippen LogP contribution in [0.3, 0.4) is 0 Å². The highest BCUT2D eigenvalue weighted by atomic mass is 16.2. The minimum atomic E-state index is -0.251. The van der Waals surface area contributed by atoms with Crippen molar-refractivity contribution in [1.82, 2.24) is 10.3 Å². The molecular weight excluding hydrogens is 376 g/mol. The molecule has 0 atom stereocenters. The lowest BCUT2D eigenvalue weighted by Gasteiger charge is -2.20. The van der Waals surface area contributed by atoms with Crippen molar-refractivity contribution in [2.24, 2.45) is 0 Å². The summed E-state index contributed by atoms with van der Waals surface area (Å²) in [6.45, 7) is 6.85. The van der Waals surface area contributed by atoms with Crippen LogP contribution in [-0.4, -0.2) is 16.8 Å². The van der Waals surface area contributed by atoms with Gasteiger partial charge in [0, 0.05) is 35.2 Å². The second kappa shape index (κ2) is 7.63. The van der Waals surface area contributed by atoms with Gasteiger partial charge in [-0.05, 0) is 47.4 Å². The van der Waals surface area contributed by atoms with Crippen LogP contribution < -0.4 is 16.0 Å². The first-order valence-electron chi connectivity index (χ1n) is 9.87. The second-order valence-electron chi connectivity index (χ2n) is 8.32. The highest BCUT2D eigenvalue weighted by Crippen LogP contribution is 2.29. The third-order valence-corrected chi connectivity index (χ3v) is 5.14. The van der Waals surface area contributed by atoms with Gasteiger partial charge in [-0.2, -0.15) is 0 Å². The van der Waals surface area contributed by atoms with Gasteiger partial charge >= 0.3 is 0 Å². The molecule has 2 aromatic carbocycles. The van der Waals surface area contributed by atoms with Crippen LogP contribution in [0.25, 0.3) is 0 Å². The molecule has 1 aliphatic rings.